The molecule has 0 amide bonds. The molecule has 28 heavy (non-hydrogen) atoms. The molecule has 0 fully saturated rings. The number of hydrogen-bond donors (Lipinski definition) is 0. The van der Waals surface area contributed by atoms with Crippen molar-refractivity contribution in [3.05, 3.63) is 53.6 Å². The highest BCUT2D eigenvalue weighted by Gasteiger charge is 2.12. The summed E-state index contributed by atoms with van der Waals surface area (Å²) in [7, 11) is 3.08. The second-order valence-corrected chi connectivity index (χ2v) is 5.77. The van der Waals surface area contributed by atoms with Gasteiger partial charge in [-0.15, -0.1) is 0 Å². The molecule has 0 unspecified atom stereocenters. The van der Waals surface area contributed by atoms with Gasteiger partial charge in [0.05, 0.1) is 26.9 Å². The molecule has 0 atom stereocenters. The van der Waals surface area contributed by atoms with Crippen molar-refractivity contribution < 1.29 is 23.7 Å². The molecule has 0 N–H and O–H groups in total. The molecule has 146 valence electrons. The zero-order valence-electron chi connectivity index (χ0n) is 16.2. The van der Waals surface area contributed by atoms with Gasteiger partial charge in [0.1, 0.15) is 0 Å². The fourth-order valence-electron chi connectivity index (χ4n) is 2.57. The Labute approximate surface area is 164 Å². The molecule has 2 aromatic carbocycles. The Morgan fingerprint density at radius 1 is 1.04 bits per heavy atom. The number of hydrogen-bond acceptors (Lipinski definition) is 6. The van der Waals surface area contributed by atoms with Crippen molar-refractivity contribution in [3.63, 3.8) is 0 Å². The maximum atomic E-state index is 12.2. The first-order valence-electron chi connectivity index (χ1n) is 8.85. The van der Waals surface area contributed by atoms with Crippen LogP contribution in [0.3, 0.4) is 0 Å². The Hall–Kier alpha value is -3.46. The van der Waals surface area contributed by atoms with Crippen molar-refractivity contribution in [2.75, 3.05) is 20.8 Å². The summed E-state index contributed by atoms with van der Waals surface area (Å²) >= 11 is 0. The Morgan fingerprint density at radius 2 is 1.75 bits per heavy atom. The minimum Gasteiger partial charge on any atom is -0.493 e. The van der Waals surface area contributed by atoms with Crippen molar-refractivity contribution in [1.29, 1.82) is 5.26 Å². The topological polar surface area (TPSA) is 77.8 Å². The monoisotopic (exact) mass is 381 g/mol. The van der Waals surface area contributed by atoms with Gasteiger partial charge in [0.15, 0.2) is 23.0 Å². The largest absolute Gasteiger partial charge is 0.493 e. The molecule has 0 radical (unpaired) electrons. The molecule has 2 aromatic rings. The Morgan fingerprint density at radius 3 is 2.43 bits per heavy atom. The molecule has 6 nitrogen and oxygen atoms in total. The third kappa shape index (κ3) is 5.78. The van der Waals surface area contributed by atoms with Crippen molar-refractivity contribution >= 4 is 12.0 Å². The van der Waals surface area contributed by atoms with Crippen LogP contribution in [0.1, 0.15) is 24.5 Å². The molecule has 0 aliphatic heterocycles. The van der Waals surface area contributed by atoms with Crippen molar-refractivity contribution in [3.8, 4) is 29.1 Å². The lowest BCUT2D eigenvalue weighted by atomic mass is 10.1. The number of carbonyl (C=O) groups excluding carboxylic acids is 1. The highest BCUT2D eigenvalue weighted by molar-refractivity contribution is 5.74. The molecular weight excluding hydrogens is 358 g/mol. The van der Waals surface area contributed by atoms with E-state index < -0.39 is 0 Å². The second kappa shape index (κ2) is 10.6. The van der Waals surface area contributed by atoms with Gasteiger partial charge in [-0.2, -0.15) is 5.26 Å². The first-order valence-corrected chi connectivity index (χ1v) is 8.85. The average Bonchev–Trinajstić information content (AvgIpc) is 2.72. The van der Waals surface area contributed by atoms with Crippen LogP contribution in [0.15, 0.2) is 42.5 Å². The summed E-state index contributed by atoms with van der Waals surface area (Å²) in [5.74, 6) is 1.70. The zero-order chi connectivity index (χ0) is 20.4. The van der Waals surface area contributed by atoms with Crippen LogP contribution in [-0.4, -0.2) is 26.8 Å². The van der Waals surface area contributed by atoms with E-state index in [0.717, 1.165) is 11.1 Å². The Balaban J connectivity index is 2.01. The molecule has 6 heteroatoms. The third-order valence-electron chi connectivity index (χ3n) is 3.91. The smallest absolute Gasteiger partial charge is 0.311 e. The van der Waals surface area contributed by atoms with E-state index in [1.165, 1.54) is 13.2 Å². The van der Waals surface area contributed by atoms with Gasteiger partial charge in [0.25, 0.3) is 0 Å². The van der Waals surface area contributed by atoms with Crippen LogP contribution in [0.5, 0.6) is 23.0 Å². The zero-order valence-corrected chi connectivity index (χ0v) is 16.2. The van der Waals surface area contributed by atoms with E-state index in [0.29, 0.717) is 36.0 Å². The number of carbonyl (C=O) groups is 1. The number of allylic oxidation sites excluding steroid dienone is 1. The Bertz CT molecular complexity index is 883. The van der Waals surface area contributed by atoms with Crippen LogP contribution in [0, 0.1) is 11.3 Å². The highest BCUT2D eigenvalue weighted by atomic mass is 16.6. The number of ether oxygens (including phenoxy) is 4. The van der Waals surface area contributed by atoms with Gasteiger partial charge in [0.2, 0.25) is 0 Å². The number of esters is 1. The molecule has 0 heterocycles. The summed E-state index contributed by atoms with van der Waals surface area (Å²) < 4.78 is 21.5. The molecule has 2 rings (SSSR count). The highest BCUT2D eigenvalue weighted by Crippen LogP contribution is 2.30. The van der Waals surface area contributed by atoms with Crippen LogP contribution in [0.4, 0.5) is 0 Å². The lowest BCUT2D eigenvalue weighted by Gasteiger charge is -2.12. The predicted molar refractivity (Wildman–Crippen MR) is 106 cm³/mol. The number of rotatable bonds is 9. The average molecular weight is 381 g/mol. The fraction of sp³-hybridized carbons (Fsp3) is 0.273. The summed E-state index contributed by atoms with van der Waals surface area (Å²) in [6, 6.07) is 12.6. The maximum absolute atomic E-state index is 12.2. The normalized spacial score (nSPS) is 10.4. The van der Waals surface area contributed by atoms with E-state index in [-0.39, 0.29) is 12.4 Å². The van der Waals surface area contributed by atoms with Gasteiger partial charge in [0, 0.05) is 12.5 Å². The molecule has 0 aromatic heterocycles. The minimum atomic E-state index is -0.369. The van der Waals surface area contributed by atoms with E-state index in [2.05, 4.69) is 0 Å². The summed E-state index contributed by atoms with van der Waals surface area (Å²) in [6.45, 7) is 2.46. The van der Waals surface area contributed by atoms with E-state index in [4.69, 9.17) is 24.2 Å². The fourth-order valence-corrected chi connectivity index (χ4v) is 2.57. The molecule has 0 aliphatic carbocycles. The lowest BCUT2D eigenvalue weighted by molar-refractivity contribution is -0.134. The number of benzene rings is 2. The molecule has 0 spiro atoms. The molecule has 0 saturated heterocycles. The standard InChI is InChI=1S/C22H23NO5/c1-4-27-18-10-7-17(15-20(18)25-2)9-12-22(24)28-19-11-8-16(6-5-13-23)14-21(19)26-3/h5-8,10-11,14-15H,4,9,12H2,1-3H3/b6-5-. The number of nitriles is 1. The Kier molecular flexibility index (Phi) is 7.92. The predicted octanol–water partition coefficient (Wildman–Crippen LogP) is 4.18. The van der Waals surface area contributed by atoms with Gasteiger partial charge >= 0.3 is 5.97 Å². The molecule has 0 bridgehead atoms. The molecule has 0 saturated carbocycles. The van der Waals surface area contributed by atoms with E-state index >= 15 is 0 Å². The molecular formula is C22H23NO5. The minimum absolute atomic E-state index is 0.205. The van der Waals surface area contributed by atoms with Crippen LogP contribution in [0.25, 0.3) is 6.08 Å². The van der Waals surface area contributed by atoms with E-state index in [9.17, 15) is 4.79 Å². The van der Waals surface area contributed by atoms with Crippen LogP contribution < -0.4 is 18.9 Å². The first kappa shape index (κ1) is 20.8. The van der Waals surface area contributed by atoms with Gasteiger partial charge in [-0.05, 0) is 54.8 Å². The quantitative estimate of drug-likeness (QED) is 0.368. The first-order chi connectivity index (χ1) is 13.6. The van der Waals surface area contributed by atoms with Crippen LogP contribution in [-0.2, 0) is 11.2 Å². The second-order valence-electron chi connectivity index (χ2n) is 5.77. The van der Waals surface area contributed by atoms with E-state index in [1.54, 1.807) is 31.4 Å². The number of methoxy groups -OCH3 is 2. The lowest BCUT2D eigenvalue weighted by Crippen LogP contribution is -2.10. The van der Waals surface area contributed by atoms with Gasteiger partial charge in [-0.25, -0.2) is 0 Å². The maximum Gasteiger partial charge on any atom is 0.311 e. The van der Waals surface area contributed by atoms with Crippen LogP contribution >= 0.6 is 0 Å². The summed E-state index contributed by atoms with van der Waals surface area (Å²) in [5.41, 5.74) is 1.72. The summed E-state index contributed by atoms with van der Waals surface area (Å²) in [4.78, 5) is 12.2. The third-order valence-corrected chi connectivity index (χ3v) is 3.91. The summed E-state index contributed by atoms with van der Waals surface area (Å²) in [5, 5.41) is 8.60. The summed E-state index contributed by atoms with van der Waals surface area (Å²) in [6.07, 6.45) is 3.72. The van der Waals surface area contributed by atoms with Gasteiger partial charge in [-0.3, -0.25) is 4.79 Å². The van der Waals surface area contributed by atoms with Gasteiger partial charge < -0.3 is 18.9 Å². The van der Waals surface area contributed by atoms with E-state index in [1.807, 2.05) is 31.2 Å². The van der Waals surface area contributed by atoms with Crippen molar-refractivity contribution in [2.45, 2.75) is 19.8 Å². The van der Waals surface area contributed by atoms with Crippen molar-refractivity contribution in [1.82, 2.24) is 0 Å². The van der Waals surface area contributed by atoms with Crippen LogP contribution in [0.2, 0.25) is 0 Å². The SMILES string of the molecule is CCOc1ccc(CCC(=O)Oc2ccc(/C=C\C#N)cc2OC)cc1OC. The van der Waals surface area contributed by atoms with Gasteiger partial charge in [-0.1, -0.05) is 12.1 Å². The molecule has 0 aliphatic rings. The number of nitrogens with zero attached hydrogens (tertiary/aromatic N) is 1. The number of aryl methyl sites for hydroxylation is 1. The van der Waals surface area contributed by atoms with Crippen molar-refractivity contribution in [2.24, 2.45) is 0 Å².